The molecule has 0 saturated carbocycles. The zero-order valence-electron chi connectivity index (χ0n) is 51.7. The number of rotatable bonds is 26. The van der Waals surface area contributed by atoms with E-state index >= 15 is 0 Å². The Kier molecular flexibility index (Phi) is 21.9. The number of esters is 5. The molecule has 2 aromatic heterocycles. The largest absolute Gasteiger partial charge is 0.467 e. The molecule has 4 aliphatic heterocycles. The summed E-state index contributed by atoms with van der Waals surface area (Å²) in [4.78, 5) is 125. The highest BCUT2D eigenvalue weighted by Crippen LogP contribution is 2.44. The third kappa shape index (κ3) is 15.8. The lowest BCUT2D eigenvalue weighted by atomic mass is 9.86. The van der Waals surface area contributed by atoms with Crippen LogP contribution in [0, 0.1) is 0 Å². The molecule has 488 valence electrons. The number of cyclic esters (lactones) is 1. The van der Waals surface area contributed by atoms with E-state index in [1.807, 2.05) is 0 Å². The average molecular weight is 1260 g/mol. The average Bonchev–Trinajstić information content (AvgIpc) is 1.52. The Morgan fingerprint density at radius 3 is 2.08 bits per heavy atom. The fourth-order valence-corrected chi connectivity index (χ4v) is 10.5. The van der Waals surface area contributed by atoms with E-state index in [0.29, 0.717) is 39.4 Å². The van der Waals surface area contributed by atoms with Gasteiger partial charge < -0.3 is 91.5 Å². The van der Waals surface area contributed by atoms with Gasteiger partial charge in [0.15, 0.2) is 35.4 Å². The fraction of sp³-hybridized carbons (Fsp3) is 0.541. The van der Waals surface area contributed by atoms with Crippen LogP contribution in [0.25, 0.3) is 22.3 Å². The molecule has 6 heterocycles. The summed E-state index contributed by atoms with van der Waals surface area (Å²) in [6, 6.07) is 8.88. The first-order chi connectivity index (χ1) is 42.8. The standard InChI is InChI=1S/C61H75N5O24/c1-11-61(76)42-26-44-48-40(28-66(44)54(71)41(42)30-81-57(61)73)37(38-25-46-47(84-31-83-46)27-43(38)64-48)14-17-65(32(2)3)59(75)82-29-36-12-13-45(88-56-52(87-35(6)69)50(86-34(5)68)49(85-33(4)67)51(89-56)55(72)77-10)39(24-36)53(70)62-15-18-78-20-22-80-23-21-79-19-16-63-58(74)90-60(7,8)9/h12-13,24-27,32,49-52,56,76H,11,14-23,28-31H2,1-10H3,(H,62,70)(H,63,74)/t49-,50-,51-,52+,56+,61-/m0/s1. The maximum absolute atomic E-state index is 14.3. The second-order valence-corrected chi connectivity index (χ2v) is 22.5. The summed E-state index contributed by atoms with van der Waals surface area (Å²) in [6.07, 6.45) is -9.91. The van der Waals surface area contributed by atoms with Crippen molar-refractivity contribution in [3.63, 3.8) is 0 Å². The summed E-state index contributed by atoms with van der Waals surface area (Å²) in [5.74, 6) is -4.75. The lowest BCUT2D eigenvalue weighted by molar-refractivity contribution is -0.282. The smallest absolute Gasteiger partial charge is 0.410 e. The summed E-state index contributed by atoms with van der Waals surface area (Å²) >= 11 is 0. The van der Waals surface area contributed by atoms with Crippen molar-refractivity contribution in [3.8, 4) is 28.6 Å². The van der Waals surface area contributed by atoms with Gasteiger partial charge in [0.25, 0.3) is 11.5 Å². The van der Waals surface area contributed by atoms with Gasteiger partial charge in [-0.3, -0.25) is 24.0 Å². The number of benzene rings is 2. The fourth-order valence-electron chi connectivity index (χ4n) is 10.5. The molecule has 1 fully saturated rings. The number of pyridine rings is 2. The Labute approximate surface area is 517 Å². The van der Waals surface area contributed by atoms with Crippen LogP contribution >= 0.6 is 0 Å². The van der Waals surface area contributed by atoms with Crippen molar-refractivity contribution in [2.45, 2.75) is 143 Å². The van der Waals surface area contributed by atoms with E-state index in [1.54, 1.807) is 59.7 Å². The summed E-state index contributed by atoms with van der Waals surface area (Å²) in [7, 11) is 1.03. The van der Waals surface area contributed by atoms with Crippen LogP contribution in [0.15, 0.2) is 41.2 Å². The van der Waals surface area contributed by atoms with Gasteiger partial charge in [0, 0.05) is 69.0 Å². The molecule has 0 unspecified atom stereocenters. The van der Waals surface area contributed by atoms with Gasteiger partial charge >= 0.3 is 42.0 Å². The molecule has 29 heteroatoms. The SMILES string of the molecule is CC[C@@]1(O)C(=O)OCc2c1cc1n(c2=O)Cc2c-1nc1cc3c(cc1c2CCN(C(=O)OCc1ccc(O[C@@H]2O[C@H](C(=O)OC)[C@@H](OC(C)=O)[C@H](OC(C)=O)[C@H]2OC(C)=O)c(C(=O)NCCOCCOCCOCCNC(=O)OC(C)(C)C)c1)C(C)C)OCO3. The highest BCUT2D eigenvalue weighted by atomic mass is 16.7. The molecule has 6 atom stereocenters. The lowest BCUT2D eigenvalue weighted by Crippen LogP contribution is -2.64. The van der Waals surface area contributed by atoms with Gasteiger partial charge in [-0.1, -0.05) is 13.0 Å². The summed E-state index contributed by atoms with van der Waals surface area (Å²) < 4.78 is 79.8. The van der Waals surface area contributed by atoms with Gasteiger partial charge in [-0.25, -0.2) is 24.2 Å². The first kappa shape index (κ1) is 67.3. The first-order valence-electron chi connectivity index (χ1n) is 29.2. The molecule has 4 aromatic rings. The van der Waals surface area contributed by atoms with Crippen LogP contribution in [0.1, 0.15) is 107 Å². The van der Waals surface area contributed by atoms with E-state index in [0.717, 1.165) is 33.4 Å². The molecule has 0 bridgehead atoms. The Morgan fingerprint density at radius 1 is 0.811 bits per heavy atom. The Morgan fingerprint density at radius 2 is 1.44 bits per heavy atom. The van der Waals surface area contributed by atoms with Crippen LogP contribution in [-0.4, -0.2) is 183 Å². The summed E-state index contributed by atoms with van der Waals surface area (Å²) in [5, 5.41) is 17.5. The molecule has 0 spiro atoms. The van der Waals surface area contributed by atoms with Crippen LogP contribution in [0.5, 0.6) is 17.2 Å². The van der Waals surface area contributed by atoms with Crippen molar-refractivity contribution < 1.29 is 110 Å². The Balaban J connectivity index is 0.996. The molecular weight excluding hydrogens is 1190 g/mol. The predicted octanol–water partition coefficient (Wildman–Crippen LogP) is 3.77. The normalized spacial score (nSPS) is 19.6. The van der Waals surface area contributed by atoms with Gasteiger partial charge in [0.05, 0.1) is 81.3 Å². The number of fused-ring (bicyclic) bond motifs is 6. The number of ether oxygens (including phenoxy) is 14. The van der Waals surface area contributed by atoms with E-state index in [4.69, 9.17) is 71.3 Å². The second kappa shape index (κ2) is 29.3. The molecule has 3 amide bonds. The minimum Gasteiger partial charge on any atom is -0.467 e. The molecule has 2 aromatic carbocycles. The van der Waals surface area contributed by atoms with Crippen LogP contribution in [0.3, 0.4) is 0 Å². The number of nitrogens with one attached hydrogen (secondary N) is 2. The number of aliphatic hydroxyl groups is 1. The molecule has 90 heavy (non-hydrogen) atoms. The molecule has 1 saturated heterocycles. The topological polar surface area (TPSA) is 348 Å². The maximum atomic E-state index is 14.3. The third-order valence-electron chi connectivity index (χ3n) is 14.7. The number of hydrogen-bond acceptors (Lipinski definition) is 25. The highest BCUT2D eigenvalue weighted by Gasteiger charge is 2.56. The molecule has 29 nitrogen and oxygen atoms in total. The zero-order valence-corrected chi connectivity index (χ0v) is 51.7. The summed E-state index contributed by atoms with van der Waals surface area (Å²) in [5.41, 5.74) is 0.0147. The highest BCUT2D eigenvalue weighted by molar-refractivity contribution is 5.97. The minimum absolute atomic E-state index is 0.0137. The molecular formula is C61H75N5O24. The van der Waals surface area contributed by atoms with Crippen molar-refractivity contribution in [1.82, 2.24) is 25.1 Å². The zero-order chi connectivity index (χ0) is 65.2. The molecule has 3 N–H and O–H groups in total. The number of amides is 3. The number of aromatic nitrogens is 2. The number of nitrogens with zero attached hydrogens (tertiary/aromatic N) is 3. The molecule has 0 aliphatic carbocycles. The second-order valence-electron chi connectivity index (χ2n) is 22.5. The Bertz CT molecular complexity index is 3430. The third-order valence-corrected chi connectivity index (χ3v) is 14.7. The number of carbonyl (C=O) groups excluding carboxylic acids is 8. The summed E-state index contributed by atoms with van der Waals surface area (Å²) in [6.45, 7) is 14.3. The van der Waals surface area contributed by atoms with Crippen LogP contribution in [0.2, 0.25) is 0 Å². The monoisotopic (exact) mass is 1260 g/mol. The first-order valence-corrected chi connectivity index (χ1v) is 29.2. The van der Waals surface area contributed by atoms with Crippen molar-refractivity contribution >= 4 is 58.8 Å². The lowest BCUT2D eigenvalue weighted by Gasteiger charge is -2.43. The molecule has 4 aliphatic rings. The van der Waals surface area contributed by atoms with E-state index in [1.165, 1.54) is 27.7 Å². The Hall–Kier alpha value is -8.64. The quantitative estimate of drug-likeness (QED) is 0.0403. The van der Waals surface area contributed by atoms with E-state index in [-0.39, 0.29) is 120 Å². The maximum Gasteiger partial charge on any atom is 0.410 e. The minimum atomic E-state index is -2.05. The van der Waals surface area contributed by atoms with Gasteiger partial charge in [-0.05, 0) is 82.9 Å². The van der Waals surface area contributed by atoms with Crippen LogP contribution in [0.4, 0.5) is 9.59 Å². The van der Waals surface area contributed by atoms with Gasteiger partial charge in [0.1, 0.15) is 24.6 Å². The number of alkyl carbamates (subject to hydrolysis) is 1. The number of methoxy groups -OCH3 is 1. The van der Waals surface area contributed by atoms with Crippen molar-refractivity contribution in [1.29, 1.82) is 0 Å². The van der Waals surface area contributed by atoms with Crippen molar-refractivity contribution in [2.75, 3.05) is 73.2 Å². The van der Waals surface area contributed by atoms with E-state index in [9.17, 15) is 48.3 Å². The van der Waals surface area contributed by atoms with Crippen molar-refractivity contribution in [3.05, 3.63) is 80.1 Å². The number of hydrogen-bond donors (Lipinski definition) is 3. The van der Waals surface area contributed by atoms with E-state index < -0.39 is 108 Å². The molecule has 0 radical (unpaired) electrons. The van der Waals surface area contributed by atoms with Gasteiger partial charge in [0.2, 0.25) is 19.2 Å². The van der Waals surface area contributed by atoms with Gasteiger partial charge in [-0.2, -0.15) is 0 Å². The number of carbonyl (C=O) groups is 8. The van der Waals surface area contributed by atoms with Crippen LogP contribution in [-0.2, 0) is 108 Å². The van der Waals surface area contributed by atoms with E-state index in [2.05, 4.69) is 10.6 Å². The van der Waals surface area contributed by atoms with Crippen molar-refractivity contribution in [2.24, 2.45) is 0 Å². The predicted molar refractivity (Wildman–Crippen MR) is 310 cm³/mol. The van der Waals surface area contributed by atoms with Gasteiger partial charge in [-0.15, -0.1) is 0 Å². The molecule has 8 rings (SSSR count). The van der Waals surface area contributed by atoms with Crippen LogP contribution < -0.4 is 30.4 Å².